The molecule has 0 atom stereocenters. The number of unbranched alkanes of at least 4 members (excludes halogenated alkanes) is 1. The molecule has 1 aromatic rings. The summed E-state index contributed by atoms with van der Waals surface area (Å²) < 4.78 is 0. The molecule has 1 heteroatoms. The Morgan fingerprint density at radius 1 is 1.11 bits per heavy atom. The quantitative estimate of drug-likeness (QED) is 0.699. The summed E-state index contributed by atoms with van der Waals surface area (Å²) in [4.78, 5) is 0. The maximum atomic E-state index is 9.56. The molecule has 0 saturated carbocycles. The van der Waals surface area contributed by atoms with Crippen LogP contribution in [0.15, 0.2) is 42.5 Å². The average molecular weight is 258 g/mol. The zero-order valence-electron chi connectivity index (χ0n) is 12.4. The minimum atomic E-state index is -0.620. The zero-order chi connectivity index (χ0) is 14.1. The number of allylic oxidation sites excluding steroid dienone is 2. The number of hydrogen-bond acceptors (Lipinski definition) is 1. The molecule has 0 aliphatic carbocycles. The molecule has 0 bridgehead atoms. The number of aliphatic hydroxyl groups is 1. The summed E-state index contributed by atoms with van der Waals surface area (Å²) in [5, 5.41) is 9.56. The van der Waals surface area contributed by atoms with Gasteiger partial charge in [0.1, 0.15) is 0 Å². The molecule has 104 valence electrons. The monoisotopic (exact) mass is 258 g/mol. The molecule has 0 aliphatic heterocycles. The van der Waals surface area contributed by atoms with Crippen LogP contribution in [0, 0.1) is 0 Å². The summed E-state index contributed by atoms with van der Waals surface area (Å²) in [5.74, 6) is 0. The SMILES string of the molecule is CCCCc1ccc(/C=C/C=C/CC(C)(C)O)cc1. The Hall–Kier alpha value is -1.34. The zero-order valence-corrected chi connectivity index (χ0v) is 12.4. The highest BCUT2D eigenvalue weighted by molar-refractivity contribution is 5.51. The Bertz CT molecular complexity index is 404. The average Bonchev–Trinajstić information content (AvgIpc) is 2.36. The first-order valence-corrected chi connectivity index (χ1v) is 7.16. The molecule has 0 amide bonds. The van der Waals surface area contributed by atoms with E-state index in [2.05, 4.69) is 37.3 Å². The van der Waals surface area contributed by atoms with E-state index in [0.29, 0.717) is 6.42 Å². The molecule has 19 heavy (non-hydrogen) atoms. The first-order valence-electron chi connectivity index (χ1n) is 7.16. The molecular weight excluding hydrogens is 232 g/mol. The summed E-state index contributed by atoms with van der Waals surface area (Å²) >= 11 is 0. The maximum absolute atomic E-state index is 9.56. The van der Waals surface area contributed by atoms with Crippen LogP contribution >= 0.6 is 0 Å². The highest BCUT2D eigenvalue weighted by Crippen LogP contribution is 2.10. The van der Waals surface area contributed by atoms with E-state index in [1.54, 1.807) is 0 Å². The summed E-state index contributed by atoms with van der Waals surface area (Å²) in [6, 6.07) is 8.72. The van der Waals surface area contributed by atoms with Gasteiger partial charge in [0.2, 0.25) is 0 Å². The van der Waals surface area contributed by atoms with Crippen LogP contribution in [-0.2, 0) is 6.42 Å². The summed E-state index contributed by atoms with van der Waals surface area (Å²) in [5.41, 5.74) is 2.01. The highest BCUT2D eigenvalue weighted by atomic mass is 16.3. The van der Waals surface area contributed by atoms with E-state index in [1.165, 1.54) is 30.4 Å². The van der Waals surface area contributed by atoms with Gasteiger partial charge in [-0.05, 0) is 44.2 Å². The molecule has 0 aliphatic rings. The first-order chi connectivity index (χ1) is 9.01. The molecule has 0 aromatic heterocycles. The summed E-state index contributed by atoms with van der Waals surface area (Å²) in [7, 11) is 0. The summed E-state index contributed by atoms with van der Waals surface area (Å²) in [6.45, 7) is 5.85. The van der Waals surface area contributed by atoms with Crippen LogP contribution in [-0.4, -0.2) is 10.7 Å². The van der Waals surface area contributed by atoms with Crippen molar-refractivity contribution < 1.29 is 5.11 Å². The molecule has 1 N–H and O–H groups in total. The van der Waals surface area contributed by atoms with Crippen LogP contribution in [0.3, 0.4) is 0 Å². The molecule has 0 heterocycles. The number of aryl methyl sites for hydroxylation is 1. The van der Waals surface area contributed by atoms with Gasteiger partial charge in [0.25, 0.3) is 0 Å². The first kappa shape index (κ1) is 15.7. The third-order valence-electron chi connectivity index (χ3n) is 2.95. The lowest BCUT2D eigenvalue weighted by Crippen LogP contribution is -2.16. The van der Waals surface area contributed by atoms with Crippen molar-refractivity contribution in [2.45, 2.75) is 52.1 Å². The van der Waals surface area contributed by atoms with Crippen molar-refractivity contribution in [3.8, 4) is 0 Å². The van der Waals surface area contributed by atoms with Crippen LogP contribution in [0.1, 0.15) is 51.2 Å². The van der Waals surface area contributed by atoms with E-state index in [9.17, 15) is 5.11 Å². The fourth-order valence-corrected chi connectivity index (χ4v) is 1.78. The lowest BCUT2D eigenvalue weighted by Gasteiger charge is -2.12. The maximum Gasteiger partial charge on any atom is 0.0626 e. The van der Waals surface area contributed by atoms with Gasteiger partial charge < -0.3 is 5.11 Å². The van der Waals surface area contributed by atoms with Gasteiger partial charge in [-0.1, -0.05) is 61.9 Å². The van der Waals surface area contributed by atoms with E-state index in [1.807, 2.05) is 32.1 Å². The third kappa shape index (κ3) is 7.63. The van der Waals surface area contributed by atoms with Crippen LogP contribution < -0.4 is 0 Å². The Morgan fingerprint density at radius 2 is 1.79 bits per heavy atom. The molecule has 0 unspecified atom stereocenters. The normalized spacial score (nSPS) is 12.6. The van der Waals surface area contributed by atoms with Crippen molar-refractivity contribution in [1.82, 2.24) is 0 Å². The van der Waals surface area contributed by atoms with Gasteiger partial charge >= 0.3 is 0 Å². The molecule has 0 saturated heterocycles. The number of benzene rings is 1. The van der Waals surface area contributed by atoms with Crippen LogP contribution in [0.25, 0.3) is 6.08 Å². The van der Waals surface area contributed by atoms with Gasteiger partial charge in [0.05, 0.1) is 5.60 Å². The molecular formula is C18H26O. The Morgan fingerprint density at radius 3 is 2.37 bits per heavy atom. The van der Waals surface area contributed by atoms with Crippen molar-refractivity contribution in [3.63, 3.8) is 0 Å². The fraction of sp³-hybridized carbons (Fsp3) is 0.444. The van der Waals surface area contributed by atoms with Gasteiger partial charge in [-0.3, -0.25) is 0 Å². The van der Waals surface area contributed by atoms with Crippen LogP contribution in [0.5, 0.6) is 0 Å². The van der Waals surface area contributed by atoms with Gasteiger partial charge in [0.15, 0.2) is 0 Å². The lowest BCUT2D eigenvalue weighted by molar-refractivity contribution is 0.0839. The predicted molar refractivity (Wildman–Crippen MR) is 84.1 cm³/mol. The molecule has 1 rings (SSSR count). The van der Waals surface area contributed by atoms with Crippen molar-refractivity contribution in [1.29, 1.82) is 0 Å². The molecule has 1 nitrogen and oxygen atoms in total. The number of hydrogen-bond donors (Lipinski definition) is 1. The fourth-order valence-electron chi connectivity index (χ4n) is 1.78. The van der Waals surface area contributed by atoms with Gasteiger partial charge in [-0.25, -0.2) is 0 Å². The standard InChI is InChI=1S/C18H26O/c1-4-5-9-16-11-13-17(14-12-16)10-7-6-8-15-18(2,3)19/h6-8,10-14,19H,4-5,9,15H2,1-3H3/b8-6+,10-7+. The van der Waals surface area contributed by atoms with Gasteiger partial charge in [0, 0.05) is 0 Å². The topological polar surface area (TPSA) is 20.2 Å². The minimum absolute atomic E-state index is 0.620. The van der Waals surface area contributed by atoms with E-state index in [4.69, 9.17) is 0 Å². The van der Waals surface area contributed by atoms with Gasteiger partial charge in [-0.15, -0.1) is 0 Å². The Balaban J connectivity index is 2.44. The third-order valence-corrected chi connectivity index (χ3v) is 2.95. The largest absolute Gasteiger partial charge is 0.390 e. The van der Waals surface area contributed by atoms with E-state index < -0.39 is 5.60 Å². The second-order valence-corrected chi connectivity index (χ2v) is 5.65. The van der Waals surface area contributed by atoms with Crippen molar-refractivity contribution >= 4 is 6.08 Å². The van der Waals surface area contributed by atoms with Crippen molar-refractivity contribution in [2.75, 3.05) is 0 Å². The van der Waals surface area contributed by atoms with Crippen molar-refractivity contribution in [2.24, 2.45) is 0 Å². The Labute approximate surface area is 117 Å². The smallest absolute Gasteiger partial charge is 0.0626 e. The van der Waals surface area contributed by atoms with E-state index in [-0.39, 0.29) is 0 Å². The highest BCUT2D eigenvalue weighted by Gasteiger charge is 2.07. The minimum Gasteiger partial charge on any atom is -0.390 e. The predicted octanol–water partition coefficient (Wildman–Crippen LogP) is 4.76. The van der Waals surface area contributed by atoms with Crippen molar-refractivity contribution in [3.05, 3.63) is 53.6 Å². The van der Waals surface area contributed by atoms with Crippen LogP contribution in [0.4, 0.5) is 0 Å². The van der Waals surface area contributed by atoms with Crippen LogP contribution in [0.2, 0.25) is 0 Å². The second-order valence-electron chi connectivity index (χ2n) is 5.65. The molecule has 0 fully saturated rings. The molecule has 0 spiro atoms. The second kappa shape index (κ2) is 7.96. The lowest BCUT2D eigenvalue weighted by atomic mass is 10.1. The molecule has 1 aromatic carbocycles. The number of rotatable bonds is 7. The summed E-state index contributed by atoms with van der Waals surface area (Å²) in [6.07, 6.45) is 12.4. The Kier molecular flexibility index (Phi) is 6.58. The van der Waals surface area contributed by atoms with E-state index in [0.717, 1.165) is 0 Å². The van der Waals surface area contributed by atoms with Gasteiger partial charge in [-0.2, -0.15) is 0 Å². The van der Waals surface area contributed by atoms with E-state index >= 15 is 0 Å². The molecule has 0 radical (unpaired) electrons.